The SMILES string of the molecule is Cc1cc(NC(=O)C2CC3(C2)CN(CC(=O)NC(C)(C)C)C3)ccc1-c1ccn(C)n1. The van der Waals surface area contributed by atoms with Crippen LogP contribution in [-0.2, 0) is 16.6 Å². The lowest BCUT2D eigenvalue weighted by Gasteiger charge is -2.58. The van der Waals surface area contributed by atoms with Crippen LogP contribution in [0, 0.1) is 18.3 Å². The van der Waals surface area contributed by atoms with E-state index in [2.05, 4.69) is 20.6 Å². The first-order chi connectivity index (χ1) is 14.5. The summed E-state index contributed by atoms with van der Waals surface area (Å²) in [6, 6.07) is 7.96. The Bertz CT molecular complexity index is 990. The number of nitrogens with one attached hydrogen (secondary N) is 2. The minimum Gasteiger partial charge on any atom is -0.350 e. The maximum atomic E-state index is 12.7. The molecule has 2 fully saturated rings. The van der Waals surface area contributed by atoms with E-state index in [1.807, 2.05) is 65.2 Å². The Morgan fingerprint density at radius 3 is 2.48 bits per heavy atom. The number of carbonyl (C=O) groups excluding carboxylic acids is 2. The summed E-state index contributed by atoms with van der Waals surface area (Å²) in [6.07, 6.45) is 3.73. The largest absolute Gasteiger partial charge is 0.350 e. The van der Waals surface area contributed by atoms with Crippen LogP contribution < -0.4 is 10.6 Å². The minimum atomic E-state index is -0.201. The fourth-order valence-corrected chi connectivity index (χ4v) is 4.94. The van der Waals surface area contributed by atoms with Gasteiger partial charge in [-0.05, 0) is 69.7 Å². The highest BCUT2D eigenvalue weighted by Crippen LogP contribution is 2.52. The molecular formula is C24H33N5O2. The maximum absolute atomic E-state index is 12.7. The molecule has 2 N–H and O–H groups in total. The van der Waals surface area contributed by atoms with E-state index in [1.165, 1.54) is 0 Å². The molecule has 1 saturated carbocycles. The van der Waals surface area contributed by atoms with Crippen molar-refractivity contribution in [3.8, 4) is 11.3 Å². The lowest BCUT2D eigenvalue weighted by molar-refractivity contribution is -0.144. The highest BCUT2D eigenvalue weighted by Gasteiger charge is 2.54. The van der Waals surface area contributed by atoms with Crippen molar-refractivity contribution in [2.24, 2.45) is 18.4 Å². The zero-order chi connectivity index (χ0) is 22.4. The van der Waals surface area contributed by atoms with Gasteiger partial charge in [0.1, 0.15) is 0 Å². The van der Waals surface area contributed by atoms with E-state index >= 15 is 0 Å². The topological polar surface area (TPSA) is 79.3 Å². The van der Waals surface area contributed by atoms with Crippen LogP contribution >= 0.6 is 0 Å². The summed E-state index contributed by atoms with van der Waals surface area (Å²) in [4.78, 5) is 27.0. The molecule has 0 bridgehead atoms. The van der Waals surface area contributed by atoms with E-state index in [9.17, 15) is 9.59 Å². The molecule has 31 heavy (non-hydrogen) atoms. The normalized spacial score (nSPS) is 18.4. The Morgan fingerprint density at radius 1 is 1.19 bits per heavy atom. The Hall–Kier alpha value is -2.67. The molecule has 1 spiro atoms. The van der Waals surface area contributed by atoms with Crippen LogP contribution in [0.1, 0.15) is 39.2 Å². The Labute approximate surface area is 184 Å². The van der Waals surface area contributed by atoms with Crippen LogP contribution in [-0.4, -0.2) is 51.7 Å². The van der Waals surface area contributed by atoms with Crippen molar-refractivity contribution in [3.63, 3.8) is 0 Å². The molecule has 166 valence electrons. The fourth-order valence-electron chi connectivity index (χ4n) is 4.94. The first-order valence-corrected chi connectivity index (χ1v) is 11.0. The zero-order valence-electron chi connectivity index (χ0n) is 19.2. The quantitative estimate of drug-likeness (QED) is 0.775. The standard InChI is InChI=1S/C24H33N5O2/c1-16-10-18(6-7-19(16)20-8-9-28(5)27-20)25-22(31)17-11-24(12-17)14-29(15-24)13-21(30)26-23(2,3)4/h6-10,17H,11-15H2,1-5H3,(H,25,31)(H,26,30). The van der Waals surface area contributed by atoms with Gasteiger partial charge in [0.15, 0.2) is 0 Å². The predicted molar refractivity (Wildman–Crippen MR) is 122 cm³/mol. The van der Waals surface area contributed by atoms with Gasteiger partial charge in [-0.25, -0.2) is 0 Å². The molecule has 2 amide bonds. The molecule has 0 unspecified atom stereocenters. The third-order valence-electron chi connectivity index (χ3n) is 6.21. The lowest BCUT2D eigenvalue weighted by atomic mass is 9.57. The molecule has 1 aliphatic heterocycles. The lowest BCUT2D eigenvalue weighted by Crippen LogP contribution is -2.65. The highest BCUT2D eigenvalue weighted by molar-refractivity contribution is 5.93. The van der Waals surface area contributed by atoms with Gasteiger partial charge in [-0.1, -0.05) is 6.07 Å². The van der Waals surface area contributed by atoms with Crippen molar-refractivity contribution in [3.05, 3.63) is 36.0 Å². The number of hydrogen-bond acceptors (Lipinski definition) is 4. The summed E-state index contributed by atoms with van der Waals surface area (Å²) in [5.74, 6) is 0.223. The Morgan fingerprint density at radius 2 is 1.90 bits per heavy atom. The van der Waals surface area contributed by atoms with Crippen LogP contribution in [0.15, 0.2) is 30.5 Å². The molecule has 2 heterocycles. The van der Waals surface area contributed by atoms with Crippen molar-refractivity contribution < 1.29 is 9.59 Å². The Kier molecular flexibility index (Phi) is 5.41. The molecule has 1 aromatic carbocycles. The van der Waals surface area contributed by atoms with Gasteiger partial charge >= 0.3 is 0 Å². The molecule has 1 aliphatic carbocycles. The van der Waals surface area contributed by atoms with E-state index in [1.54, 1.807) is 4.68 Å². The van der Waals surface area contributed by atoms with Gasteiger partial charge in [0, 0.05) is 49.0 Å². The first kappa shape index (κ1) is 21.6. The van der Waals surface area contributed by atoms with E-state index in [0.717, 1.165) is 48.4 Å². The molecule has 2 aliphatic rings. The maximum Gasteiger partial charge on any atom is 0.234 e. The van der Waals surface area contributed by atoms with Crippen LogP contribution in [0.4, 0.5) is 5.69 Å². The van der Waals surface area contributed by atoms with Gasteiger partial charge < -0.3 is 10.6 Å². The molecule has 0 radical (unpaired) electrons. The summed E-state index contributed by atoms with van der Waals surface area (Å²) in [7, 11) is 1.90. The number of anilines is 1. The molecular weight excluding hydrogens is 390 g/mol. The van der Waals surface area contributed by atoms with Gasteiger partial charge in [0.25, 0.3) is 0 Å². The van der Waals surface area contributed by atoms with Crippen molar-refractivity contribution in [1.82, 2.24) is 20.0 Å². The number of amides is 2. The first-order valence-electron chi connectivity index (χ1n) is 11.0. The van der Waals surface area contributed by atoms with Crippen molar-refractivity contribution in [2.45, 2.75) is 46.1 Å². The third kappa shape index (κ3) is 4.82. The average molecular weight is 424 g/mol. The molecule has 1 saturated heterocycles. The molecule has 4 rings (SSSR count). The second-order valence-corrected chi connectivity index (χ2v) is 10.4. The van der Waals surface area contributed by atoms with Crippen LogP contribution in [0.5, 0.6) is 0 Å². The predicted octanol–water partition coefficient (Wildman–Crippen LogP) is 2.96. The summed E-state index contributed by atoms with van der Waals surface area (Å²) < 4.78 is 1.79. The van der Waals surface area contributed by atoms with E-state index in [4.69, 9.17) is 0 Å². The van der Waals surface area contributed by atoms with Gasteiger partial charge in [-0.15, -0.1) is 0 Å². The van der Waals surface area contributed by atoms with Gasteiger partial charge in [0.2, 0.25) is 11.8 Å². The van der Waals surface area contributed by atoms with Crippen molar-refractivity contribution in [1.29, 1.82) is 0 Å². The van der Waals surface area contributed by atoms with Gasteiger partial charge in [-0.2, -0.15) is 5.10 Å². The van der Waals surface area contributed by atoms with Crippen LogP contribution in [0.3, 0.4) is 0 Å². The minimum absolute atomic E-state index is 0.0568. The summed E-state index contributed by atoms with van der Waals surface area (Å²) in [5, 5.41) is 10.5. The molecule has 7 nitrogen and oxygen atoms in total. The molecule has 1 aromatic heterocycles. The van der Waals surface area contributed by atoms with Gasteiger partial charge in [-0.3, -0.25) is 19.2 Å². The Balaban J connectivity index is 1.25. The third-order valence-corrected chi connectivity index (χ3v) is 6.21. The van der Waals surface area contributed by atoms with Crippen LogP contribution in [0.25, 0.3) is 11.3 Å². The number of carbonyl (C=O) groups is 2. The number of likely N-dealkylation sites (tertiary alicyclic amines) is 1. The number of aryl methyl sites for hydroxylation is 2. The van der Waals surface area contributed by atoms with Crippen molar-refractivity contribution >= 4 is 17.5 Å². The number of nitrogens with zero attached hydrogens (tertiary/aromatic N) is 3. The van der Waals surface area contributed by atoms with E-state index < -0.39 is 0 Å². The average Bonchev–Trinajstić information content (AvgIpc) is 3.00. The number of aromatic nitrogens is 2. The second kappa shape index (κ2) is 7.79. The monoisotopic (exact) mass is 423 g/mol. The van der Waals surface area contributed by atoms with Gasteiger partial charge in [0.05, 0.1) is 12.2 Å². The number of hydrogen-bond donors (Lipinski definition) is 2. The number of benzene rings is 1. The zero-order valence-corrected chi connectivity index (χ0v) is 19.2. The second-order valence-electron chi connectivity index (χ2n) is 10.4. The summed E-state index contributed by atoms with van der Waals surface area (Å²) in [6.45, 7) is 10.3. The molecule has 0 atom stereocenters. The number of rotatable bonds is 5. The molecule has 7 heteroatoms. The van der Waals surface area contributed by atoms with E-state index in [0.29, 0.717) is 6.54 Å². The van der Waals surface area contributed by atoms with Crippen LogP contribution in [0.2, 0.25) is 0 Å². The summed E-state index contributed by atoms with van der Waals surface area (Å²) >= 11 is 0. The molecule has 2 aromatic rings. The summed E-state index contributed by atoms with van der Waals surface area (Å²) in [5.41, 5.74) is 3.95. The van der Waals surface area contributed by atoms with E-state index in [-0.39, 0.29) is 28.7 Å². The van der Waals surface area contributed by atoms with Crippen molar-refractivity contribution in [2.75, 3.05) is 25.0 Å². The highest BCUT2D eigenvalue weighted by atomic mass is 16.2. The fraction of sp³-hybridized carbons (Fsp3) is 0.542. The smallest absolute Gasteiger partial charge is 0.234 e.